The van der Waals surface area contributed by atoms with Gasteiger partial charge in [-0.2, -0.15) is 0 Å². The molecule has 0 spiro atoms. The highest BCUT2D eigenvalue weighted by atomic mass is 15.3. The van der Waals surface area contributed by atoms with Gasteiger partial charge in [-0.1, -0.05) is 0 Å². The lowest BCUT2D eigenvalue weighted by Crippen LogP contribution is -2.47. The number of hydrogen-bond acceptors (Lipinski definition) is 4. The van der Waals surface area contributed by atoms with Crippen molar-refractivity contribution in [2.75, 3.05) is 18.0 Å². The number of aromatic amines is 1. The molecule has 2 N–H and O–H groups in total. The zero-order valence-electron chi connectivity index (χ0n) is 10.3. The van der Waals surface area contributed by atoms with E-state index in [0.717, 1.165) is 23.4 Å². The maximum Gasteiger partial charge on any atom is 0.142 e. The Morgan fingerprint density at radius 3 is 3.28 bits per heavy atom. The number of aromatic nitrogens is 3. The lowest BCUT2D eigenvalue weighted by Gasteiger charge is -2.33. The Labute approximate surface area is 106 Å². The Morgan fingerprint density at radius 1 is 1.28 bits per heavy atom. The molecular formula is C13H17N5. The van der Waals surface area contributed by atoms with Crippen molar-refractivity contribution in [2.24, 2.45) is 0 Å². The molecular weight excluding hydrogens is 226 g/mol. The van der Waals surface area contributed by atoms with E-state index < -0.39 is 0 Å². The van der Waals surface area contributed by atoms with Crippen molar-refractivity contribution < 1.29 is 0 Å². The third kappa shape index (κ3) is 1.43. The summed E-state index contributed by atoms with van der Waals surface area (Å²) in [6.45, 7) is 2.26. The van der Waals surface area contributed by atoms with Gasteiger partial charge in [0.05, 0.1) is 5.39 Å². The molecule has 0 radical (unpaired) electrons. The van der Waals surface area contributed by atoms with E-state index in [4.69, 9.17) is 0 Å². The van der Waals surface area contributed by atoms with E-state index in [0.29, 0.717) is 12.1 Å². The van der Waals surface area contributed by atoms with Crippen LogP contribution in [0.2, 0.25) is 0 Å². The van der Waals surface area contributed by atoms with Crippen molar-refractivity contribution in [3.05, 3.63) is 18.6 Å². The van der Waals surface area contributed by atoms with Crippen molar-refractivity contribution in [1.82, 2.24) is 20.3 Å². The smallest absolute Gasteiger partial charge is 0.142 e. The fraction of sp³-hybridized carbons (Fsp3) is 0.538. The predicted octanol–water partition coefficient (Wildman–Crippen LogP) is 1.29. The number of piperidine rings is 1. The maximum atomic E-state index is 4.52. The van der Waals surface area contributed by atoms with Gasteiger partial charge in [-0.05, 0) is 31.9 Å². The van der Waals surface area contributed by atoms with Crippen molar-refractivity contribution in [2.45, 2.75) is 31.3 Å². The summed E-state index contributed by atoms with van der Waals surface area (Å²) in [5.41, 5.74) is 0.937. The number of H-pyrrole nitrogens is 1. The standard InChI is InChI=1S/C13H17N5/c1-2-11-10(14-5-1)4-7-18(11)13-9-3-6-15-12(9)16-8-17-13/h3,6,8,10-11,14H,1-2,4-5,7H2,(H,15,16,17)/t10-,11?/m1/s1. The molecule has 5 heteroatoms. The normalized spacial score (nSPS) is 27.7. The largest absolute Gasteiger partial charge is 0.351 e. The Hall–Kier alpha value is -1.62. The molecule has 94 valence electrons. The second-order valence-electron chi connectivity index (χ2n) is 5.19. The fourth-order valence-corrected chi connectivity index (χ4v) is 3.40. The van der Waals surface area contributed by atoms with Gasteiger partial charge in [-0.3, -0.25) is 0 Å². The Morgan fingerprint density at radius 2 is 2.28 bits per heavy atom. The maximum absolute atomic E-state index is 4.52. The molecule has 2 aliphatic heterocycles. The van der Waals surface area contributed by atoms with Gasteiger partial charge in [0.25, 0.3) is 0 Å². The minimum atomic E-state index is 0.603. The molecule has 2 fully saturated rings. The summed E-state index contributed by atoms with van der Waals surface area (Å²) >= 11 is 0. The lowest BCUT2D eigenvalue weighted by atomic mass is 9.99. The number of nitrogens with one attached hydrogen (secondary N) is 2. The molecule has 0 aromatic carbocycles. The van der Waals surface area contributed by atoms with E-state index >= 15 is 0 Å². The summed E-state index contributed by atoms with van der Waals surface area (Å²) in [4.78, 5) is 14.4. The molecule has 0 saturated carbocycles. The van der Waals surface area contributed by atoms with Gasteiger partial charge in [0.1, 0.15) is 17.8 Å². The molecule has 18 heavy (non-hydrogen) atoms. The first-order chi connectivity index (χ1) is 8.93. The summed E-state index contributed by atoms with van der Waals surface area (Å²) in [6.07, 6.45) is 7.36. The van der Waals surface area contributed by atoms with Crippen molar-refractivity contribution in [3.63, 3.8) is 0 Å². The summed E-state index contributed by atoms with van der Waals surface area (Å²) < 4.78 is 0. The molecule has 0 aliphatic carbocycles. The predicted molar refractivity (Wildman–Crippen MR) is 70.7 cm³/mol. The van der Waals surface area contributed by atoms with Gasteiger partial charge >= 0.3 is 0 Å². The van der Waals surface area contributed by atoms with Crippen molar-refractivity contribution in [1.29, 1.82) is 0 Å². The number of nitrogens with zero attached hydrogens (tertiary/aromatic N) is 3. The van der Waals surface area contributed by atoms with E-state index in [1.807, 2.05) is 6.20 Å². The summed E-state index contributed by atoms with van der Waals surface area (Å²) in [5, 5.41) is 4.77. The van der Waals surface area contributed by atoms with Crippen LogP contribution in [-0.4, -0.2) is 40.1 Å². The summed E-state index contributed by atoms with van der Waals surface area (Å²) in [7, 11) is 0. The van der Waals surface area contributed by atoms with Crippen LogP contribution in [0.25, 0.3) is 11.0 Å². The monoisotopic (exact) mass is 243 g/mol. The lowest BCUT2D eigenvalue weighted by molar-refractivity contribution is 0.382. The Balaban J connectivity index is 1.76. The molecule has 1 unspecified atom stereocenters. The highest BCUT2D eigenvalue weighted by molar-refractivity contribution is 5.87. The molecule has 2 aromatic heterocycles. The van der Waals surface area contributed by atoms with Gasteiger partial charge in [0, 0.05) is 24.8 Å². The number of anilines is 1. The first kappa shape index (κ1) is 10.3. The number of hydrogen-bond donors (Lipinski definition) is 2. The second-order valence-corrected chi connectivity index (χ2v) is 5.19. The molecule has 4 rings (SSSR count). The van der Waals surface area contributed by atoms with Crippen LogP contribution in [0.5, 0.6) is 0 Å². The minimum Gasteiger partial charge on any atom is -0.351 e. The number of rotatable bonds is 1. The third-order valence-electron chi connectivity index (χ3n) is 4.23. The van der Waals surface area contributed by atoms with Crippen LogP contribution in [0.15, 0.2) is 18.6 Å². The first-order valence-corrected chi connectivity index (χ1v) is 6.71. The van der Waals surface area contributed by atoms with Crippen LogP contribution in [-0.2, 0) is 0 Å². The van der Waals surface area contributed by atoms with Crippen molar-refractivity contribution >= 4 is 16.9 Å². The van der Waals surface area contributed by atoms with Crippen LogP contribution in [0.4, 0.5) is 5.82 Å². The van der Waals surface area contributed by atoms with Gasteiger partial charge in [-0.15, -0.1) is 0 Å². The Bertz CT molecular complexity index is 563. The molecule has 2 aliphatic rings. The van der Waals surface area contributed by atoms with E-state index in [-0.39, 0.29) is 0 Å². The van der Waals surface area contributed by atoms with Crippen LogP contribution in [0, 0.1) is 0 Å². The van der Waals surface area contributed by atoms with Crippen LogP contribution < -0.4 is 10.2 Å². The highest BCUT2D eigenvalue weighted by Crippen LogP contribution is 2.32. The van der Waals surface area contributed by atoms with Gasteiger partial charge in [-0.25, -0.2) is 9.97 Å². The zero-order chi connectivity index (χ0) is 11.9. The molecule has 2 aromatic rings. The number of fused-ring (bicyclic) bond motifs is 2. The second kappa shape index (κ2) is 3.95. The Kier molecular flexibility index (Phi) is 2.26. The van der Waals surface area contributed by atoms with E-state index in [2.05, 4.69) is 31.2 Å². The SMILES string of the molecule is c1nc(N2CC[C@H]3NCCCC32)c2cc[nH]c2n1. The molecule has 4 heterocycles. The first-order valence-electron chi connectivity index (χ1n) is 6.71. The fourth-order valence-electron chi connectivity index (χ4n) is 3.40. The molecule has 5 nitrogen and oxygen atoms in total. The molecule has 0 bridgehead atoms. The molecule has 2 saturated heterocycles. The summed E-state index contributed by atoms with van der Waals surface area (Å²) in [5.74, 6) is 1.09. The zero-order valence-corrected chi connectivity index (χ0v) is 10.3. The highest BCUT2D eigenvalue weighted by Gasteiger charge is 2.36. The minimum absolute atomic E-state index is 0.603. The van der Waals surface area contributed by atoms with E-state index in [1.165, 1.54) is 25.8 Å². The van der Waals surface area contributed by atoms with E-state index in [1.54, 1.807) is 6.33 Å². The quantitative estimate of drug-likeness (QED) is 0.792. The summed E-state index contributed by atoms with van der Waals surface area (Å²) in [6, 6.07) is 3.32. The van der Waals surface area contributed by atoms with Crippen LogP contribution in [0.3, 0.4) is 0 Å². The third-order valence-corrected chi connectivity index (χ3v) is 4.23. The molecule has 2 atom stereocenters. The van der Waals surface area contributed by atoms with Crippen LogP contribution >= 0.6 is 0 Å². The van der Waals surface area contributed by atoms with Crippen molar-refractivity contribution in [3.8, 4) is 0 Å². The molecule has 0 amide bonds. The van der Waals surface area contributed by atoms with Gasteiger partial charge in [0.15, 0.2) is 0 Å². The average molecular weight is 243 g/mol. The van der Waals surface area contributed by atoms with E-state index in [9.17, 15) is 0 Å². The van der Waals surface area contributed by atoms with Gasteiger partial charge in [0.2, 0.25) is 0 Å². The van der Waals surface area contributed by atoms with Gasteiger partial charge < -0.3 is 15.2 Å². The average Bonchev–Trinajstić information content (AvgIpc) is 3.05. The topological polar surface area (TPSA) is 56.8 Å². The van der Waals surface area contributed by atoms with Crippen LogP contribution in [0.1, 0.15) is 19.3 Å².